The number of ether oxygens (including phenoxy) is 5. The average molecular weight is 437 g/mol. The van der Waals surface area contributed by atoms with Gasteiger partial charge in [-0.15, -0.1) is 0 Å². The molecule has 1 fully saturated rings. The molecule has 10 heteroatoms. The number of amides is 1. The predicted molar refractivity (Wildman–Crippen MR) is 105 cm³/mol. The molecule has 1 aliphatic heterocycles. The summed E-state index contributed by atoms with van der Waals surface area (Å²) in [6, 6.07) is 8.25. The molecule has 0 spiro atoms. The van der Waals surface area contributed by atoms with Crippen LogP contribution in [0, 0.1) is 0 Å². The van der Waals surface area contributed by atoms with Crippen LogP contribution in [-0.4, -0.2) is 61.1 Å². The Balaban J connectivity index is 2.35. The third kappa shape index (κ3) is 7.65. The molecule has 1 aromatic rings. The lowest BCUT2D eigenvalue weighted by molar-refractivity contribution is -0.280. The van der Waals surface area contributed by atoms with Crippen LogP contribution in [0.25, 0.3) is 0 Å². The molecule has 0 aliphatic carbocycles. The molecule has 0 saturated carbocycles. The largest absolute Gasteiger partial charge is 0.463 e. The molecule has 2 rings (SSSR count). The second-order valence-corrected chi connectivity index (χ2v) is 7.02. The maximum absolute atomic E-state index is 11.8. The molecule has 1 aromatic carbocycles. The summed E-state index contributed by atoms with van der Waals surface area (Å²) in [4.78, 5) is 46.7. The van der Waals surface area contributed by atoms with E-state index in [2.05, 4.69) is 5.32 Å². The number of carbonyl (C=O) groups excluding carboxylic acids is 4. The summed E-state index contributed by atoms with van der Waals surface area (Å²) in [7, 11) is 0. The summed E-state index contributed by atoms with van der Waals surface area (Å²) < 4.78 is 27.6. The van der Waals surface area contributed by atoms with Gasteiger partial charge in [-0.3, -0.25) is 19.2 Å². The molecule has 1 amide bonds. The van der Waals surface area contributed by atoms with Crippen molar-refractivity contribution in [2.45, 2.75) is 64.9 Å². The zero-order valence-electron chi connectivity index (χ0n) is 17.9. The van der Waals surface area contributed by atoms with E-state index in [0.29, 0.717) is 0 Å². The van der Waals surface area contributed by atoms with Gasteiger partial charge in [0.2, 0.25) is 5.91 Å². The molecule has 1 heterocycles. The Bertz CT molecular complexity index is 782. The standard InChI is InChI=1S/C21H27NO9/c1-12(23)22-18-20(30-15(4)26)19(29-14(3)25)17(11-27-13(2)24)31-21(18)28-10-16-8-6-5-7-9-16/h5-9,17-21H,10-11H2,1-4H3,(H,22,23)/t17?,18?,19-,20?,21-/m1/s1. The second-order valence-electron chi connectivity index (χ2n) is 7.02. The van der Waals surface area contributed by atoms with Crippen LogP contribution in [-0.2, 0) is 49.5 Å². The van der Waals surface area contributed by atoms with E-state index in [4.69, 9.17) is 23.7 Å². The predicted octanol–water partition coefficient (Wildman–Crippen LogP) is 0.859. The fourth-order valence-electron chi connectivity index (χ4n) is 3.19. The van der Waals surface area contributed by atoms with E-state index in [1.165, 1.54) is 27.7 Å². The molecule has 5 atom stereocenters. The van der Waals surface area contributed by atoms with Crippen molar-refractivity contribution in [2.24, 2.45) is 0 Å². The van der Waals surface area contributed by atoms with Gasteiger partial charge in [-0.1, -0.05) is 30.3 Å². The molecule has 0 bridgehead atoms. The van der Waals surface area contributed by atoms with Gasteiger partial charge in [0, 0.05) is 27.7 Å². The van der Waals surface area contributed by atoms with E-state index < -0.39 is 54.5 Å². The smallest absolute Gasteiger partial charge is 0.303 e. The Labute approximate surface area is 180 Å². The number of esters is 3. The van der Waals surface area contributed by atoms with Crippen molar-refractivity contribution >= 4 is 23.8 Å². The van der Waals surface area contributed by atoms with Gasteiger partial charge in [0.1, 0.15) is 18.8 Å². The van der Waals surface area contributed by atoms with Crippen molar-refractivity contribution in [2.75, 3.05) is 6.61 Å². The van der Waals surface area contributed by atoms with Crippen LogP contribution < -0.4 is 5.32 Å². The van der Waals surface area contributed by atoms with Crippen molar-refractivity contribution in [3.63, 3.8) is 0 Å². The van der Waals surface area contributed by atoms with Gasteiger partial charge in [-0.25, -0.2) is 0 Å². The fraction of sp³-hybridized carbons (Fsp3) is 0.524. The van der Waals surface area contributed by atoms with E-state index in [9.17, 15) is 19.2 Å². The topological polar surface area (TPSA) is 126 Å². The summed E-state index contributed by atoms with van der Waals surface area (Å²) in [5, 5.41) is 2.65. The molecule has 0 aromatic heterocycles. The van der Waals surface area contributed by atoms with Gasteiger partial charge in [0.25, 0.3) is 0 Å². The Kier molecular flexibility index (Phi) is 8.95. The SMILES string of the molecule is CC(=O)NC1C(OC(C)=O)[C@H](OC(C)=O)C(COC(C)=O)O[C@H]1OCc1ccccc1. The lowest BCUT2D eigenvalue weighted by atomic mass is 9.96. The first-order valence-corrected chi connectivity index (χ1v) is 9.73. The van der Waals surface area contributed by atoms with Gasteiger partial charge in [-0.05, 0) is 5.56 Å². The third-order valence-electron chi connectivity index (χ3n) is 4.33. The first kappa shape index (κ1) is 24.3. The summed E-state index contributed by atoms with van der Waals surface area (Å²) in [5.41, 5.74) is 0.843. The summed E-state index contributed by atoms with van der Waals surface area (Å²) in [5.74, 6) is -2.32. The van der Waals surface area contributed by atoms with Crippen LogP contribution in [0.5, 0.6) is 0 Å². The highest BCUT2D eigenvalue weighted by atomic mass is 16.7. The zero-order valence-corrected chi connectivity index (χ0v) is 17.9. The summed E-state index contributed by atoms with van der Waals surface area (Å²) >= 11 is 0. The number of nitrogens with one attached hydrogen (secondary N) is 1. The van der Waals surface area contributed by atoms with Crippen molar-refractivity contribution in [3.8, 4) is 0 Å². The minimum Gasteiger partial charge on any atom is -0.463 e. The van der Waals surface area contributed by atoms with Crippen LogP contribution in [0.2, 0.25) is 0 Å². The van der Waals surface area contributed by atoms with Gasteiger partial charge in [0.05, 0.1) is 6.61 Å². The highest BCUT2D eigenvalue weighted by molar-refractivity contribution is 5.73. The number of hydrogen-bond acceptors (Lipinski definition) is 9. The van der Waals surface area contributed by atoms with Gasteiger partial charge in [-0.2, -0.15) is 0 Å². The molecule has 1 N–H and O–H groups in total. The highest BCUT2D eigenvalue weighted by Crippen LogP contribution is 2.28. The maximum atomic E-state index is 11.8. The van der Waals surface area contributed by atoms with Crippen molar-refractivity contribution < 1.29 is 42.9 Å². The summed E-state index contributed by atoms with van der Waals surface area (Å²) in [6.07, 6.45) is -4.36. The minimum atomic E-state index is -1.14. The van der Waals surface area contributed by atoms with Crippen LogP contribution in [0.3, 0.4) is 0 Å². The quantitative estimate of drug-likeness (QED) is 0.465. The number of hydrogen-bond donors (Lipinski definition) is 1. The first-order chi connectivity index (χ1) is 14.7. The average Bonchev–Trinajstić information content (AvgIpc) is 2.68. The van der Waals surface area contributed by atoms with Crippen LogP contribution >= 0.6 is 0 Å². The van der Waals surface area contributed by atoms with Crippen LogP contribution in [0.1, 0.15) is 33.3 Å². The Morgan fingerprint density at radius 3 is 2.06 bits per heavy atom. The molecule has 170 valence electrons. The lowest BCUT2D eigenvalue weighted by Crippen LogP contribution is -2.66. The third-order valence-corrected chi connectivity index (χ3v) is 4.33. The molecular formula is C21H27NO9. The Morgan fingerprint density at radius 2 is 1.52 bits per heavy atom. The van der Waals surface area contributed by atoms with E-state index in [1.807, 2.05) is 30.3 Å². The van der Waals surface area contributed by atoms with E-state index >= 15 is 0 Å². The molecule has 0 radical (unpaired) electrons. The maximum Gasteiger partial charge on any atom is 0.303 e. The van der Waals surface area contributed by atoms with E-state index in [0.717, 1.165) is 5.56 Å². The van der Waals surface area contributed by atoms with Crippen LogP contribution in [0.15, 0.2) is 30.3 Å². The number of rotatable bonds is 8. The minimum absolute atomic E-state index is 0.132. The van der Waals surface area contributed by atoms with E-state index in [1.54, 1.807) is 0 Å². The molecular weight excluding hydrogens is 410 g/mol. The molecule has 1 saturated heterocycles. The van der Waals surface area contributed by atoms with Gasteiger partial charge >= 0.3 is 17.9 Å². The molecule has 1 aliphatic rings. The summed E-state index contributed by atoms with van der Waals surface area (Å²) in [6.45, 7) is 4.72. The number of carbonyl (C=O) groups is 4. The first-order valence-electron chi connectivity index (χ1n) is 9.73. The Hall–Kier alpha value is -2.98. The normalized spacial score (nSPS) is 25.2. The zero-order chi connectivity index (χ0) is 23.0. The van der Waals surface area contributed by atoms with Gasteiger partial charge < -0.3 is 29.0 Å². The molecule has 31 heavy (non-hydrogen) atoms. The highest BCUT2D eigenvalue weighted by Gasteiger charge is 2.51. The molecule has 3 unspecified atom stereocenters. The van der Waals surface area contributed by atoms with Crippen LogP contribution in [0.4, 0.5) is 0 Å². The number of benzene rings is 1. The van der Waals surface area contributed by atoms with Crippen molar-refractivity contribution in [3.05, 3.63) is 35.9 Å². The fourth-order valence-corrected chi connectivity index (χ4v) is 3.19. The molecule has 10 nitrogen and oxygen atoms in total. The monoisotopic (exact) mass is 437 g/mol. The van der Waals surface area contributed by atoms with E-state index in [-0.39, 0.29) is 13.2 Å². The lowest BCUT2D eigenvalue weighted by Gasteiger charge is -2.44. The van der Waals surface area contributed by atoms with Crippen molar-refractivity contribution in [1.29, 1.82) is 0 Å². The second kappa shape index (κ2) is 11.4. The van der Waals surface area contributed by atoms with Crippen molar-refractivity contribution in [1.82, 2.24) is 5.32 Å². The Morgan fingerprint density at radius 1 is 0.903 bits per heavy atom. The van der Waals surface area contributed by atoms with Gasteiger partial charge in [0.15, 0.2) is 18.5 Å².